The second-order valence-electron chi connectivity index (χ2n) is 6.84. The van der Waals surface area contributed by atoms with E-state index in [1.54, 1.807) is 32.0 Å². The van der Waals surface area contributed by atoms with Crippen LogP contribution < -0.4 is 4.72 Å². The quantitative estimate of drug-likeness (QED) is 0.431. The van der Waals surface area contributed by atoms with Crippen molar-refractivity contribution in [1.82, 2.24) is 24.7 Å². The first kappa shape index (κ1) is 21.9. The average Bonchev–Trinajstić information content (AvgIpc) is 3.11. The van der Waals surface area contributed by atoms with Crippen LogP contribution in [0.3, 0.4) is 0 Å². The summed E-state index contributed by atoms with van der Waals surface area (Å²) in [5.74, 6) is -0.325. The number of azo groups is 1. The fourth-order valence-electron chi connectivity index (χ4n) is 2.92. The van der Waals surface area contributed by atoms with Gasteiger partial charge in [0.05, 0.1) is 22.0 Å². The number of carbonyl (C=O) groups excluding carboxylic acids is 1. The van der Waals surface area contributed by atoms with E-state index in [1.807, 2.05) is 0 Å². The summed E-state index contributed by atoms with van der Waals surface area (Å²) in [6, 6.07) is 10.6. The van der Waals surface area contributed by atoms with Gasteiger partial charge in [-0.3, -0.25) is 9.78 Å². The lowest BCUT2D eigenvalue weighted by Crippen LogP contribution is -2.15. The minimum absolute atomic E-state index is 0.0226. The highest BCUT2D eigenvalue weighted by atomic mass is 32.2. The maximum Gasteiger partial charge on any atom is 0.278 e. The average molecular weight is 462 g/mol. The highest BCUT2D eigenvalue weighted by Crippen LogP contribution is 2.27. The van der Waals surface area contributed by atoms with Gasteiger partial charge in [-0.25, -0.2) is 23.1 Å². The number of hydrogen-bond acceptors (Lipinski definition) is 9. The molecule has 0 bridgehead atoms. The van der Waals surface area contributed by atoms with Crippen molar-refractivity contribution in [1.29, 1.82) is 0 Å². The summed E-state index contributed by atoms with van der Waals surface area (Å²) in [7, 11) is -3.85. The summed E-state index contributed by atoms with van der Waals surface area (Å²) in [4.78, 5) is 24.3. The molecule has 0 saturated heterocycles. The Bertz CT molecular complexity index is 1420. The number of rotatable bonds is 6. The zero-order valence-corrected chi connectivity index (χ0v) is 18.4. The normalized spacial score (nSPS) is 11.6. The fraction of sp³-hybridized carbons (Fsp3) is 0.0952. The summed E-state index contributed by atoms with van der Waals surface area (Å²) in [5, 5.41) is 12.7. The predicted octanol–water partition coefficient (Wildman–Crippen LogP) is 3.59. The Hall–Kier alpha value is -4.32. The molecule has 3 aromatic heterocycles. The van der Waals surface area contributed by atoms with Gasteiger partial charge in [-0.05, 0) is 56.3 Å². The molecule has 4 rings (SSSR count). The van der Waals surface area contributed by atoms with Crippen molar-refractivity contribution in [3.05, 3.63) is 84.2 Å². The number of sulfonamides is 1. The molecule has 0 fully saturated rings. The van der Waals surface area contributed by atoms with Crippen LogP contribution in [0.25, 0.3) is 0 Å². The van der Waals surface area contributed by atoms with E-state index in [9.17, 15) is 13.2 Å². The Morgan fingerprint density at radius 2 is 1.61 bits per heavy atom. The minimum atomic E-state index is -3.85. The third-order valence-corrected chi connectivity index (χ3v) is 5.92. The predicted molar refractivity (Wildman–Crippen MR) is 119 cm³/mol. The number of carbonyl (C=O) groups is 1. The number of aryl methyl sites for hydroxylation is 1. The van der Waals surface area contributed by atoms with Crippen molar-refractivity contribution in [2.45, 2.75) is 18.7 Å². The van der Waals surface area contributed by atoms with Gasteiger partial charge in [0.25, 0.3) is 15.9 Å². The van der Waals surface area contributed by atoms with E-state index >= 15 is 0 Å². The zero-order chi connectivity index (χ0) is 23.4. The molecule has 0 atom stereocenters. The van der Waals surface area contributed by atoms with Crippen LogP contribution in [0.2, 0.25) is 0 Å². The number of nitrogens with one attached hydrogen (secondary N) is 1. The van der Waals surface area contributed by atoms with E-state index in [0.717, 1.165) is 0 Å². The van der Waals surface area contributed by atoms with Gasteiger partial charge in [-0.2, -0.15) is 14.9 Å². The monoisotopic (exact) mass is 462 g/mol. The molecule has 0 saturated carbocycles. The molecule has 1 N–H and O–H groups in total. The van der Waals surface area contributed by atoms with Crippen molar-refractivity contribution in [3.63, 3.8) is 0 Å². The maximum atomic E-state index is 12.7. The third kappa shape index (κ3) is 4.80. The van der Waals surface area contributed by atoms with Crippen molar-refractivity contribution in [2.75, 3.05) is 4.72 Å². The van der Waals surface area contributed by atoms with E-state index < -0.39 is 10.0 Å². The Kier molecular flexibility index (Phi) is 6.00. The van der Waals surface area contributed by atoms with Gasteiger partial charge in [0.2, 0.25) is 5.95 Å². The Balaban J connectivity index is 1.53. The molecule has 11 nitrogen and oxygen atoms in total. The van der Waals surface area contributed by atoms with E-state index in [-0.39, 0.29) is 16.8 Å². The van der Waals surface area contributed by atoms with Crippen LogP contribution in [-0.4, -0.2) is 39.1 Å². The van der Waals surface area contributed by atoms with Crippen molar-refractivity contribution < 1.29 is 13.2 Å². The SMILES string of the molecule is Cc1nn(C(=O)c2ccncc2)c(C)c1N=Nc1ccc(S(=O)(=O)Nc2ncccn2)cc1. The largest absolute Gasteiger partial charge is 0.278 e. The lowest BCUT2D eigenvalue weighted by Gasteiger charge is -2.06. The Labute approximate surface area is 189 Å². The highest BCUT2D eigenvalue weighted by molar-refractivity contribution is 7.92. The van der Waals surface area contributed by atoms with E-state index in [1.165, 1.54) is 53.7 Å². The first-order valence-electron chi connectivity index (χ1n) is 9.68. The third-order valence-electron chi connectivity index (χ3n) is 4.58. The van der Waals surface area contributed by atoms with Crippen LogP contribution in [0.5, 0.6) is 0 Å². The lowest BCUT2D eigenvalue weighted by molar-refractivity contribution is 0.0942. The smallest absolute Gasteiger partial charge is 0.267 e. The zero-order valence-electron chi connectivity index (χ0n) is 17.6. The van der Waals surface area contributed by atoms with Gasteiger partial charge in [0, 0.05) is 30.4 Å². The number of aromatic nitrogens is 5. The number of anilines is 1. The van der Waals surface area contributed by atoms with Gasteiger partial charge in [-0.15, -0.1) is 5.11 Å². The second-order valence-corrected chi connectivity index (χ2v) is 8.53. The number of nitrogens with zero attached hydrogens (tertiary/aromatic N) is 7. The van der Waals surface area contributed by atoms with Crippen LogP contribution in [0.15, 0.2) is 82.4 Å². The van der Waals surface area contributed by atoms with E-state index in [0.29, 0.717) is 28.3 Å². The summed E-state index contributed by atoms with van der Waals surface area (Å²) in [6.45, 7) is 3.45. The molecule has 0 aliphatic carbocycles. The lowest BCUT2D eigenvalue weighted by atomic mass is 10.2. The Morgan fingerprint density at radius 1 is 0.939 bits per heavy atom. The summed E-state index contributed by atoms with van der Waals surface area (Å²) in [5.41, 5.74) is 2.40. The minimum Gasteiger partial charge on any atom is -0.267 e. The van der Waals surface area contributed by atoms with Crippen LogP contribution in [0.1, 0.15) is 21.7 Å². The number of hydrogen-bond donors (Lipinski definition) is 1. The molecule has 0 radical (unpaired) electrons. The number of benzene rings is 1. The van der Waals surface area contributed by atoms with Gasteiger partial charge in [0.15, 0.2) is 0 Å². The van der Waals surface area contributed by atoms with Gasteiger partial charge < -0.3 is 0 Å². The molecule has 0 aliphatic heterocycles. The van der Waals surface area contributed by atoms with Crippen molar-refractivity contribution in [2.24, 2.45) is 10.2 Å². The van der Waals surface area contributed by atoms with Gasteiger partial charge >= 0.3 is 0 Å². The summed E-state index contributed by atoms with van der Waals surface area (Å²) in [6.07, 6.45) is 5.94. The second kappa shape index (κ2) is 9.04. The molecule has 4 aromatic rings. The molecule has 33 heavy (non-hydrogen) atoms. The molecular formula is C21H18N8O3S. The van der Waals surface area contributed by atoms with Crippen LogP contribution >= 0.6 is 0 Å². The van der Waals surface area contributed by atoms with E-state index in [4.69, 9.17) is 0 Å². The number of pyridine rings is 1. The van der Waals surface area contributed by atoms with Crippen LogP contribution in [-0.2, 0) is 10.0 Å². The first-order valence-corrected chi connectivity index (χ1v) is 11.2. The standard InChI is InChI=1S/C21H18N8O3S/c1-14-19(15(2)29(27-14)20(30)16-8-12-22-13-9-16)26-25-17-4-6-18(7-5-17)33(31,32)28-21-23-10-3-11-24-21/h3-13H,1-2H3,(H,23,24,28). The summed E-state index contributed by atoms with van der Waals surface area (Å²) >= 11 is 0. The molecule has 0 spiro atoms. The maximum absolute atomic E-state index is 12.7. The fourth-order valence-corrected chi connectivity index (χ4v) is 3.88. The van der Waals surface area contributed by atoms with Crippen LogP contribution in [0.4, 0.5) is 17.3 Å². The molecular weight excluding hydrogens is 444 g/mol. The molecule has 0 aliphatic rings. The van der Waals surface area contributed by atoms with E-state index in [2.05, 4.69) is 35.0 Å². The van der Waals surface area contributed by atoms with Gasteiger partial charge in [-0.1, -0.05) is 0 Å². The first-order chi connectivity index (χ1) is 15.8. The Morgan fingerprint density at radius 3 is 2.27 bits per heavy atom. The topological polar surface area (TPSA) is 144 Å². The molecule has 0 amide bonds. The molecule has 1 aromatic carbocycles. The van der Waals surface area contributed by atoms with Crippen molar-refractivity contribution in [3.8, 4) is 0 Å². The van der Waals surface area contributed by atoms with Gasteiger partial charge in [0.1, 0.15) is 5.69 Å². The molecule has 12 heteroatoms. The van der Waals surface area contributed by atoms with Crippen LogP contribution in [0, 0.1) is 13.8 Å². The summed E-state index contributed by atoms with van der Waals surface area (Å²) < 4.78 is 28.5. The molecule has 0 unspecified atom stereocenters. The highest BCUT2D eigenvalue weighted by Gasteiger charge is 2.18. The molecule has 3 heterocycles. The molecule has 166 valence electrons. The van der Waals surface area contributed by atoms with Crippen molar-refractivity contribution >= 4 is 33.3 Å².